The van der Waals surface area contributed by atoms with Crippen LogP contribution in [0.25, 0.3) is 0 Å². The van der Waals surface area contributed by atoms with Crippen molar-refractivity contribution in [2.45, 2.75) is 6.54 Å². The molecule has 70 valence electrons. The molecule has 0 aliphatic heterocycles. The summed E-state index contributed by atoms with van der Waals surface area (Å²) >= 11 is 9.42. The lowest BCUT2D eigenvalue weighted by atomic mass is 10.2. The summed E-state index contributed by atoms with van der Waals surface area (Å²) in [6.07, 6.45) is 0. The van der Waals surface area contributed by atoms with Gasteiger partial charge in [-0.05, 0) is 17.7 Å². The largest absolute Gasteiger partial charge is 0.333 e. The minimum absolute atomic E-state index is 0.241. The van der Waals surface area contributed by atoms with Crippen LogP contribution in [0.15, 0.2) is 24.3 Å². The van der Waals surface area contributed by atoms with E-state index < -0.39 is 0 Å². The van der Waals surface area contributed by atoms with Crippen molar-refractivity contribution in [2.24, 2.45) is 0 Å². The normalized spacial score (nSPS) is 9.77. The molecule has 0 unspecified atom stereocenters. The lowest BCUT2D eigenvalue weighted by molar-refractivity contribution is 0.232. The van der Waals surface area contributed by atoms with Crippen LogP contribution in [-0.2, 0) is 6.54 Å². The topological polar surface area (TPSA) is 20.3 Å². The molecule has 1 amide bonds. The zero-order valence-electron chi connectivity index (χ0n) is 7.20. The van der Waals surface area contributed by atoms with Crippen LogP contribution in [0, 0.1) is 0 Å². The van der Waals surface area contributed by atoms with Crippen LogP contribution in [0.3, 0.4) is 0 Å². The second kappa shape index (κ2) is 4.53. The Morgan fingerprint density at radius 3 is 2.46 bits per heavy atom. The molecule has 0 N–H and O–H groups in total. The number of halogens is 1. The van der Waals surface area contributed by atoms with E-state index >= 15 is 0 Å². The first-order chi connectivity index (χ1) is 6.09. The monoisotopic (exact) mass is 215 g/mol. The van der Waals surface area contributed by atoms with Crippen LogP contribution in [0.2, 0.25) is 5.02 Å². The highest BCUT2D eigenvalue weighted by atomic mass is 35.5. The van der Waals surface area contributed by atoms with Crippen molar-refractivity contribution < 1.29 is 4.79 Å². The van der Waals surface area contributed by atoms with E-state index in [1.165, 1.54) is 4.90 Å². The Morgan fingerprint density at radius 2 is 2.00 bits per heavy atom. The van der Waals surface area contributed by atoms with Gasteiger partial charge in [0.05, 0.1) is 0 Å². The molecule has 0 aliphatic carbocycles. The molecule has 0 bridgehead atoms. The first kappa shape index (κ1) is 10.4. The van der Waals surface area contributed by atoms with Crippen molar-refractivity contribution >= 4 is 29.5 Å². The van der Waals surface area contributed by atoms with Gasteiger partial charge >= 0.3 is 0 Å². The zero-order valence-corrected chi connectivity index (χ0v) is 8.85. The predicted molar refractivity (Wildman–Crippen MR) is 57.3 cm³/mol. The third kappa shape index (κ3) is 3.28. The van der Waals surface area contributed by atoms with Gasteiger partial charge in [0.15, 0.2) is 0 Å². The number of rotatable bonds is 2. The highest BCUT2D eigenvalue weighted by molar-refractivity contribution is 7.96. The van der Waals surface area contributed by atoms with Gasteiger partial charge < -0.3 is 4.90 Å². The maximum Gasteiger partial charge on any atom is 0.278 e. The molecule has 1 aromatic rings. The first-order valence-corrected chi connectivity index (χ1v) is 4.60. The van der Waals surface area contributed by atoms with Crippen molar-refractivity contribution in [1.29, 1.82) is 0 Å². The fourth-order valence-electron chi connectivity index (χ4n) is 0.931. The second-order valence-corrected chi connectivity index (χ2v) is 3.58. The number of nitrogens with zero attached hydrogens (tertiary/aromatic N) is 1. The third-order valence-electron chi connectivity index (χ3n) is 1.66. The average molecular weight is 216 g/mol. The fraction of sp³-hybridized carbons (Fsp3) is 0.222. The molecule has 0 heterocycles. The Labute approximate surface area is 87.9 Å². The maximum absolute atomic E-state index is 10.8. The number of thiol groups is 1. The fourth-order valence-corrected chi connectivity index (χ4v) is 1.13. The molecule has 0 aromatic heterocycles. The summed E-state index contributed by atoms with van der Waals surface area (Å²) in [5.74, 6) is 0. The van der Waals surface area contributed by atoms with Crippen LogP contribution in [0.4, 0.5) is 4.79 Å². The Morgan fingerprint density at radius 1 is 1.46 bits per heavy atom. The lowest BCUT2D eigenvalue weighted by Gasteiger charge is -2.13. The number of hydrogen-bond acceptors (Lipinski definition) is 1. The van der Waals surface area contributed by atoms with E-state index in [2.05, 4.69) is 12.6 Å². The summed E-state index contributed by atoms with van der Waals surface area (Å²) in [6, 6.07) is 7.37. The summed E-state index contributed by atoms with van der Waals surface area (Å²) < 4.78 is 0. The number of carbonyl (C=O) groups excluding carboxylic acids is 1. The first-order valence-electron chi connectivity index (χ1n) is 3.78. The van der Waals surface area contributed by atoms with Crippen LogP contribution in [-0.4, -0.2) is 17.2 Å². The Hall–Kier alpha value is -0.670. The number of benzene rings is 1. The Balaban J connectivity index is 2.64. The number of amides is 1. The summed E-state index contributed by atoms with van der Waals surface area (Å²) in [7, 11) is 1.70. The standard InChI is InChI=1S/C9H10ClNOS/c1-11(9(12)13)6-7-2-4-8(10)5-3-7/h2-5H,6H2,1H3,(H,12,13). The Bertz CT molecular complexity index is 299. The van der Waals surface area contributed by atoms with Gasteiger partial charge in [-0.15, -0.1) is 0 Å². The van der Waals surface area contributed by atoms with Gasteiger partial charge in [-0.1, -0.05) is 36.4 Å². The summed E-state index contributed by atoms with van der Waals surface area (Å²) in [5.41, 5.74) is 1.04. The number of hydrogen-bond donors (Lipinski definition) is 1. The highest BCUT2D eigenvalue weighted by Gasteiger charge is 2.03. The SMILES string of the molecule is CN(Cc1ccc(Cl)cc1)C(=O)S. The second-order valence-electron chi connectivity index (χ2n) is 2.77. The molecule has 0 radical (unpaired) electrons. The smallest absolute Gasteiger partial charge is 0.278 e. The highest BCUT2D eigenvalue weighted by Crippen LogP contribution is 2.11. The molecule has 13 heavy (non-hydrogen) atoms. The summed E-state index contributed by atoms with van der Waals surface area (Å²) in [5, 5.41) is 0.457. The van der Waals surface area contributed by atoms with E-state index in [0.29, 0.717) is 11.6 Å². The van der Waals surface area contributed by atoms with Crippen LogP contribution < -0.4 is 0 Å². The minimum Gasteiger partial charge on any atom is -0.333 e. The van der Waals surface area contributed by atoms with E-state index in [0.717, 1.165) is 5.56 Å². The van der Waals surface area contributed by atoms with Crippen molar-refractivity contribution in [1.82, 2.24) is 4.90 Å². The molecule has 0 saturated carbocycles. The molecule has 4 heteroatoms. The number of carbonyl (C=O) groups is 1. The van der Waals surface area contributed by atoms with Crippen molar-refractivity contribution in [3.8, 4) is 0 Å². The van der Waals surface area contributed by atoms with Crippen molar-refractivity contribution in [3.63, 3.8) is 0 Å². The summed E-state index contributed by atoms with van der Waals surface area (Å²) in [4.78, 5) is 12.3. The molecule has 1 rings (SSSR count). The quantitative estimate of drug-likeness (QED) is 0.753. The predicted octanol–water partition coefficient (Wildman–Crippen LogP) is 2.82. The van der Waals surface area contributed by atoms with Gasteiger partial charge in [-0.3, -0.25) is 4.79 Å². The molecular weight excluding hydrogens is 206 g/mol. The molecule has 2 nitrogen and oxygen atoms in total. The van der Waals surface area contributed by atoms with Gasteiger partial charge in [0.2, 0.25) is 0 Å². The molecule has 0 aliphatic rings. The van der Waals surface area contributed by atoms with E-state index in [1.807, 2.05) is 12.1 Å². The molecule has 0 spiro atoms. The van der Waals surface area contributed by atoms with E-state index in [1.54, 1.807) is 19.2 Å². The van der Waals surface area contributed by atoms with E-state index in [-0.39, 0.29) is 5.24 Å². The van der Waals surface area contributed by atoms with E-state index in [4.69, 9.17) is 11.6 Å². The van der Waals surface area contributed by atoms with Gasteiger partial charge in [-0.2, -0.15) is 0 Å². The van der Waals surface area contributed by atoms with Gasteiger partial charge in [0, 0.05) is 18.6 Å². The Kier molecular flexibility index (Phi) is 3.63. The minimum atomic E-state index is -0.241. The van der Waals surface area contributed by atoms with Gasteiger partial charge in [0.25, 0.3) is 5.24 Å². The lowest BCUT2D eigenvalue weighted by Crippen LogP contribution is -2.19. The van der Waals surface area contributed by atoms with Crippen LogP contribution >= 0.6 is 24.2 Å². The van der Waals surface area contributed by atoms with E-state index in [9.17, 15) is 4.79 Å². The van der Waals surface area contributed by atoms with Gasteiger partial charge in [0.1, 0.15) is 0 Å². The van der Waals surface area contributed by atoms with Gasteiger partial charge in [-0.25, -0.2) is 0 Å². The van der Waals surface area contributed by atoms with Crippen LogP contribution in [0.5, 0.6) is 0 Å². The summed E-state index contributed by atoms with van der Waals surface area (Å²) in [6.45, 7) is 0.555. The molecule has 0 atom stereocenters. The molecule has 0 saturated heterocycles. The van der Waals surface area contributed by atoms with Crippen molar-refractivity contribution in [2.75, 3.05) is 7.05 Å². The molecule has 1 aromatic carbocycles. The maximum atomic E-state index is 10.8. The average Bonchev–Trinajstić information content (AvgIpc) is 2.08. The third-order valence-corrected chi connectivity index (χ3v) is 2.25. The van der Waals surface area contributed by atoms with Crippen molar-refractivity contribution in [3.05, 3.63) is 34.9 Å². The molecular formula is C9H10ClNOS. The zero-order chi connectivity index (χ0) is 9.84. The van der Waals surface area contributed by atoms with Crippen LogP contribution in [0.1, 0.15) is 5.56 Å². The molecule has 0 fully saturated rings.